The second-order valence-corrected chi connectivity index (χ2v) is 4.53. The van der Waals surface area contributed by atoms with Gasteiger partial charge in [0.25, 0.3) is 0 Å². The Morgan fingerprint density at radius 3 is 2.50 bits per heavy atom. The minimum absolute atomic E-state index is 0.360. The van der Waals surface area contributed by atoms with Crippen molar-refractivity contribution in [2.24, 2.45) is 0 Å². The number of nitrogens with zero attached hydrogens (tertiary/aromatic N) is 2. The molecule has 0 bridgehead atoms. The van der Waals surface area contributed by atoms with E-state index in [0.29, 0.717) is 11.7 Å². The summed E-state index contributed by atoms with van der Waals surface area (Å²) in [6.45, 7) is 0. The molecule has 1 aromatic heterocycles. The van der Waals surface area contributed by atoms with Gasteiger partial charge in [-0.2, -0.15) is 5.26 Å². The van der Waals surface area contributed by atoms with Gasteiger partial charge in [0.1, 0.15) is 6.07 Å². The van der Waals surface area contributed by atoms with E-state index in [1.165, 1.54) is 11.1 Å². The summed E-state index contributed by atoms with van der Waals surface area (Å²) in [4.78, 5) is 4.06. The molecule has 0 saturated heterocycles. The molecule has 0 spiro atoms. The van der Waals surface area contributed by atoms with E-state index in [-0.39, 0.29) is 0 Å². The second kappa shape index (κ2) is 4.50. The first-order valence-electron chi connectivity index (χ1n) is 6.05. The molecule has 3 nitrogen and oxygen atoms in total. The van der Waals surface area contributed by atoms with Crippen molar-refractivity contribution in [2.75, 3.05) is 5.32 Å². The minimum Gasteiger partial charge on any atom is -0.379 e. The molecule has 1 aliphatic rings. The first kappa shape index (κ1) is 10.8. The zero-order valence-corrected chi connectivity index (χ0v) is 9.93. The Labute approximate surface area is 106 Å². The van der Waals surface area contributed by atoms with Crippen LogP contribution in [0.5, 0.6) is 0 Å². The maximum Gasteiger partial charge on any atom is 0.163 e. The highest BCUT2D eigenvalue weighted by molar-refractivity contribution is 5.55. The topological polar surface area (TPSA) is 48.7 Å². The average molecular weight is 235 g/mol. The van der Waals surface area contributed by atoms with Gasteiger partial charge in [-0.1, -0.05) is 24.3 Å². The SMILES string of the molecule is N#Cc1ncccc1NC1Cc2ccccc2C1. The summed E-state index contributed by atoms with van der Waals surface area (Å²) >= 11 is 0. The molecule has 1 N–H and O–H groups in total. The highest BCUT2D eigenvalue weighted by Gasteiger charge is 2.21. The Morgan fingerprint density at radius 1 is 1.11 bits per heavy atom. The van der Waals surface area contributed by atoms with E-state index in [4.69, 9.17) is 5.26 Å². The number of pyridine rings is 1. The number of hydrogen-bond acceptors (Lipinski definition) is 3. The summed E-state index contributed by atoms with van der Waals surface area (Å²) < 4.78 is 0. The molecule has 0 aliphatic heterocycles. The number of aromatic nitrogens is 1. The van der Waals surface area contributed by atoms with Gasteiger partial charge >= 0.3 is 0 Å². The molecular formula is C15H13N3. The van der Waals surface area contributed by atoms with Gasteiger partial charge in [0.05, 0.1) is 5.69 Å². The Bertz CT molecular complexity index is 588. The first-order chi connectivity index (χ1) is 8.86. The number of rotatable bonds is 2. The monoisotopic (exact) mass is 235 g/mol. The zero-order chi connectivity index (χ0) is 12.4. The van der Waals surface area contributed by atoms with Crippen LogP contribution in [-0.4, -0.2) is 11.0 Å². The summed E-state index contributed by atoms with van der Waals surface area (Å²) in [5.74, 6) is 0. The van der Waals surface area contributed by atoms with Crippen LogP contribution in [0.15, 0.2) is 42.6 Å². The Balaban J connectivity index is 1.79. The molecule has 1 heterocycles. The van der Waals surface area contributed by atoms with Crippen LogP contribution in [0.3, 0.4) is 0 Å². The van der Waals surface area contributed by atoms with Crippen LogP contribution in [-0.2, 0) is 12.8 Å². The lowest BCUT2D eigenvalue weighted by atomic mass is 10.1. The van der Waals surface area contributed by atoms with Crippen LogP contribution >= 0.6 is 0 Å². The van der Waals surface area contributed by atoms with Crippen LogP contribution in [0.2, 0.25) is 0 Å². The maximum absolute atomic E-state index is 9.01. The van der Waals surface area contributed by atoms with E-state index < -0.39 is 0 Å². The van der Waals surface area contributed by atoms with Gasteiger partial charge in [-0.3, -0.25) is 0 Å². The lowest BCUT2D eigenvalue weighted by molar-refractivity contribution is 0.773. The Kier molecular flexibility index (Phi) is 2.70. The Hall–Kier alpha value is -2.34. The van der Waals surface area contributed by atoms with Gasteiger partial charge in [0.15, 0.2) is 5.69 Å². The van der Waals surface area contributed by atoms with Gasteiger partial charge in [-0.15, -0.1) is 0 Å². The van der Waals surface area contributed by atoms with Gasteiger partial charge in [-0.05, 0) is 36.1 Å². The summed E-state index contributed by atoms with van der Waals surface area (Å²) in [7, 11) is 0. The van der Waals surface area contributed by atoms with Crippen molar-refractivity contribution in [3.63, 3.8) is 0 Å². The standard InChI is InChI=1S/C15H13N3/c16-10-15-14(6-3-7-17-15)18-13-8-11-4-1-2-5-12(11)9-13/h1-7,13,18H,8-9H2. The van der Waals surface area contributed by atoms with Crippen LogP contribution in [0.1, 0.15) is 16.8 Å². The number of hydrogen-bond donors (Lipinski definition) is 1. The minimum atomic E-state index is 0.360. The number of nitrogens with one attached hydrogen (secondary N) is 1. The van der Waals surface area contributed by atoms with Crippen LogP contribution in [0, 0.1) is 11.3 Å². The molecule has 0 fully saturated rings. The molecule has 0 unspecified atom stereocenters. The molecule has 0 atom stereocenters. The smallest absolute Gasteiger partial charge is 0.163 e. The second-order valence-electron chi connectivity index (χ2n) is 4.53. The third-order valence-corrected chi connectivity index (χ3v) is 3.32. The van der Waals surface area contributed by atoms with Crippen LogP contribution < -0.4 is 5.32 Å². The highest BCUT2D eigenvalue weighted by Crippen LogP contribution is 2.25. The van der Waals surface area contributed by atoms with Gasteiger partial charge in [-0.25, -0.2) is 4.98 Å². The van der Waals surface area contributed by atoms with E-state index in [9.17, 15) is 0 Å². The fourth-order valence-corrected chi connectivity index (χ4v) is 2.49. The van der Waals surface area contributed by atoms with Crippen molar-refractivity contribution in [1.82, 2.24) is 4.98 Å². The quantitative estimate of drug-likeness (QED) is 0.870. The lowest BCUT2D eigenvalue weighted by Crippen LogP contribution is -2.20. The van der Waals surface area contributed by atoms with Gasteiger partial charge in [0.2, 0.25) is 0 Å². The zero-order valence-electron chi connectivity index (χ0n) is 9.93. The molecule has 0 saturated carbocycles. The fourth-order valence-electron chi connectivity index (χ4n) is 2.49. The third-order valence-electron chi connectivity index (χ3n) is 3.32. The number of benzene rings is 1. The summed E-state index contributed by atoms with van der Waals surface area (Å²) in [6.07, 6.45) is 3.67. The van der Waals surface area contributed by atoms with Crippen LogP contribution in [0.4, 0.5) is 5.69 Å². The molecule has 3 heteroatoms. The van der Waals surface area contributed by atoms with Crippen molar-refractivity contribution in [2.45, 2.75) is 18.9 Å². The first-order valence-corrected chi connectivity index (χ1v) is 6.05. The molecule has 3 rings (SSSR count). The maximum atomic E-state index is 9.01. The van der Waals surface area contributed by atoms with Gasteiger partial charge in [0, 0.05) is 12.2 Å². The molecule has 1 aliphatic carbocycles. The molecule has 0 amide bonds. The fraction of sp³-hybridized carbons (Fsp3) is 0.200. The molecular weight excluding hydrogens is 222 g/mol. The van der Waals surface area contributed by atoms with Crippen molar-refractivity contribution in [3.8, 4) is 6.07 Å². The predicted molar refractivity (Wildman–Crippen MR) is 70.2 cm³/mol. The van der Waals surface area contributed by atoms with E-state index in [0.717, 1.165) is 18.5 Å². The number of nitriles is 1. The summed E-state index contributed by atoms with van der Waals surface area (Å²) in [6, 6.07) is 14.7. The van der Waals surface area contributed by atoms with E-state index >= 15 is 0 Å². The lowest BCUT2D eigenvalue weighted by Gasteiger charge is -2.13. The molecule has 0 radical (unpaired) electrons. The van der Waals surface area contributed by atoms with Crippen molar-refractivity contribution in [1.29, 1.82) is 5.26 Å². The average Bonchev–Trinajstić information content (AvgIpc) is 2.81. The molecule has 2 aromatic rings. The van der Waals surface area contributed by atoms with Crippen LogP contribution in [0.25, 0.3) is 0 Å². The highest BCUT2D eigenvalue weighted by atomic mass is 14.9. The Morgan fingerprint density at radius 2 is 1.83 bits per heavy atom. The summed E-state index contributed by atoms with van der Waals surface area (Å²) in [5, 5.41) is 12.4. The van der Waals surface area contributed by atoms with E-state index in [1.807, 2.05) is 12.1 Å². The molecule has 1 aromatic carbocycles. The van der Waals surface area contributed by atoms with Crippen molar-refractivity contribution >= 4 is 5.69 Å². The number of anilines is 1. The normalized spacial score (nSPS) is 13.9. The molecule has 18 heavy (non-hydrogen) atoms. The molecule has 88 valence electrons. The predicted octanol–water partition coefficient (Wildman–Crippen LogP) is 2.53. The van der Waals surface area contributed by atoms with E-state index in [1.54, 1.807) is 6.20 Å². The largest absolute Gasteiger partial charge is 0.379 e. The van der Waals surface area contributed by atoms with Crippen molar-refractivity contribution in [3.05, 3.63) is 59.4 Å². The summed E-state index contributed by atoms with van der Waals surface area (Å²) in [5.41, 5.74) is 4.10. The third kappa shape index (κ3) is 1.93. The van der Waals surface area contributed by atoms with E-state index in [2.05, 4.69) is 40.6 Å². The number of fused-ring (bicyclic) bond motifs is 1. The van der Waals surface area contributed by atoms with Gasteiger partial charge < -0.3 is 5.32 Å². The van der Waals surface area contributed by atoms with Crippen molar-refractivity contribution < 1.29 is 0 Å².